The molecule has 1 N–H and O–H groups in total. The maximum atomic E-state index is 12.7. The van der Waals surface area contributed by atoms with Crippen molar-refractivity contribution in [3.05, 3.63) is 27.5 Å². The number of carboxylic acids is 1. The summed E-state index contributed by atoms with van der Waals surface area (Å²) in [5.41, 5.74) is -3.50. The van der Waals surface area contributed by atoms with E-state index in [-0.39, 0.29) is 0 Å². The molecule has 0 aromatic carbocycles. The van der Waals surface area contributed by atoms with Gasteiger partial charge in [0.15, 0.2) is 0 Å². The van der Waals surface area contributed by atoms with Crippen LogP contribution in [-0.2, 0) is 17.4 Å². The van der Waals surface area contributed by atoms with Crippen LogP contribution in [0.4, 0.5) is 22.0 Å². The van der Waals surface area contributed by atoms with Crippen LogP contribution in [-0.4, -0.2) is 16.1 Å². The molecule has 0 bridgehead atoms. The fraction of sp³-hybridized carbons (Fsp3) is 0.333. The summed E-state index contributed by atoms with van der Waals surface area (Å²) in [5.74, 6) is -1.64. The van der Waals surface area contributed by atoms with Gasteiger partial charge in [-0.1, -0.05) is 0 Å². The zero-order valence-electron chi connectivity index (χ0n) is 8.43. The number of rotatable bonds is 3. The van der Waals surface area contributed by atoms with E-state index in [9.17, 15) is 26.7 Å². The van der Waals surface area contributed by atoms with Crippen LogP contribution >= 0.6 is 15.9 Å². The van der Waals surface area contributed by atoms with Crippen molar-refractivity contribution in [3.8, 4) is 0 Å². The highest BCUT2D eigenvalue weighted by Gasteiger charge is 2.39. The lowest BCUT2D eigenvalue weighted by atomic mass is 10.0. The SMILES string of the molecule is O=C(O)Cc1c(C(F)F)cnc(Br)c1C(F)(F)F. The van der Waals surface area contributed by atoms with Gasteiger partial charge in [-0.05, 0) is 21.5 Å². The fourth-order valence-corrected chi connectivity index (χ4v) is 1.92. The number of nitrogens with zero attached hydrogens (tertiary/aromatic N) is 1. The number of hydrogen-bond donors (Lipinski definition) is 1. The van der Waals surface area contributed by atoms with Crippen LogP contribution < -0.4 is 0 Å². The molecule has 3 nitrogen and oxygen atoms in total. The number of aliphatic carboxylic acids is 1. The summed E-state index contributed by atoms with van der Waals surface area (Å²) in [5, 5.41) is 8.51. The number of pyridine rings is 1. The second kappa shape index (κ2) is 5.17. The molecule has 0 amide bonds. The minimum atomic E-state index is -4.97. The minimum absolute atomic E-state index is 0.530. The third-order valence-electron chi connectivity index (χ3n) is 2.02. The zero-order valence-corrected chi connectivity index (χ0v) is 10.0. The van der Waals surface area contributed by atoms with Crippen molar-refractivity contribution in [1.82, 2.24) is 4.98 Å². The molecule has 0 aliphatic carbocycles. The van der Waals surface area contributed by atoms with Crippen LogP contribution in [0.3, 0.4) is 0 Å². The van der Waals surface area contributed by atoms with Crippen LogP contribution in [0.5, 0.6) is 0 Å². The maximum Gasteiger partial charge on any atom is 0.419 e. The van der Waals surface area contributed by atoms with E-state index < -0.39 is 46.3 Å². The number of hydrogen-bond acceptors (Lipinski definition) is 2. The molecule has 0 fully saturated rings. The second-order valence-electron chi connectivity index (χ2n) is 3.23. The smallest absolute Gasteiger partial charge is 0.419 e. The van der Waals surface area contributed by atoms with E-state index in [0.717, 1.165) is 0 Å². The van der Waals surface area contributed by atoms with Gasteiger partial charge in [-0.2, -0.15) is 13.2 Å². The molecule has 1 aromatic heterocycles. The monoisotopic (exact) mass is 333 g/mol. The second-order valence-corrected chi connectivity index (χ2v) is 3.98. The lowest BCUT2D eigenvalue weighted by Crippen LogP contribution is -2.16. The van der Waals surface area contributed by atoms with Gasteiger partial charge in [0.25, 0.3) is 6.43 Å². The van der Waals surface area contributed by atoms with E-state index in [0.29, 0.717) is 6.20 Å². The van der Waals surface area contributed by atoms with Gasteiger partial charge >= 0.3 is 12.1 Å². The van der Waals surface area contributed by atoms with Crippen molar-refractivity contribution >= 4 is 21.9 Å². The highest BCUT2D eigenvalue weighted by Crippen LogP contribution is 2.39. The van der Waals surface area contributed by atoms with Crippen LogP contribution in [0.25, 0.3) is 0 Å². The van der Waals surface area contributed by atoms with Crippen LogP contribution in [0.2, 0.25) is 0 Å². The molecule has 0 aliphatic rings. The molecule has 0 atom stereocenters. The number of carbonyl (C=O) groups is 1. The van der Waals surface area contributed by atoms with E-state index >= 15 is 0 Å². The Bertz CT molecular complexity index is 475. The molecule has 0 saturated heterocycles. The van der Waals surface area contributed by atoms with Crippen molar-refractivity contribution in [1.29, 1.82) is 0 Å². The lowest BCUT2D eigenvalue weighted by molar-refractivity contribution is -0.140. The van der Waals surface area contributed by atoms with E-state index in [4.69, 9.17) is 5.11 Å². The number of halogens is 6. The minimum Gasteiger partial charge on any atom is -0.481 e. The Labute approximate surface area is 106 Å². The summed E-state index contributed by atoms with van der Waals surface area (Å²) in [7, 11) is 0. The Balaban J connectivity index is 3.55. The van der Waals surface area contributed by atoms with Crippen molar-refractivity contribution in [2.24, 2.45) is 0 Å². The number of alkyl halides is 5. The third-order valence-corrected chi connectivity index (χ3v) is 2.62. The molecule has 9 heteroatoms. The van der Waals surface area contributed by atoms with Crippen molar-refractivity contribution in [2.45, 2.75) is 19.0 Å². The first-order chi connectivity index (χ1) is 8.14. The molecule has 1 heterocycles. The van der Waals surface area contributed by atoms with Crippen LogP contribution in [0, 0.1) is 0 Å². The van der Waals surface area contributed by atoms with E-state index in [1.165, 1.54) is 0 Å². The summed E-state index contributed by atoms with van der Waals surface area (Å²) < 4.78 is 62.5. The Hall–Kier alpha value is -1.25. The van der Waals surface area contributed by atoms with Gasteiger partial charge in [-0.15, -0.1) is 0 Å². The highest BCUT2D eigenvalue weighted by atomic mass is 79.9. The maximum absolute atomic E-state index is 12.7. The summed E-state index contributed by atoms with van der Waals surface area (Å²) in [6, 6.07) is 0. The standard InChI is InChI=1S/C9H5BrF5NO2/c10-7-6(9(13,14)15)3(1-5(17)18)4(2-16-7)8(11)12/h2,8H,1H2,(H,17,18). The number of carboxylic acid groups (broad SMARTS) is 1. The normalized spacial score (nSPS) is 11.9. The average Bonchev–Trinajstić information content (AvgIpc) is 2.13. The average molecular weight is 334 g/mol. The zero-order chi connectivity index (χ0) is 14.1. The first-order valence-corrected chi connectivity index (χ1v) is 5.18. The summed E-state index contributed by atoms with van der Waals surface area (Å²) in [6.07, 6.45) is -8.83. The van der Waals surface area contributed by atoms with E-state index in [1.807, 2.05) is 0 Å². The highest BCUT2D eigenvalue weighted by molar-refractivity contribution is 9.10. The Morgan fingerprint density at radius 2 is 2.00 bits per heavy atom. The predicted octanol–water partition coefficient (Wildman–Crippen LogP) is 3.43. The molecule has 1 aromatic rings. The molecular formula is C9H5BrF5NO2. The first kappa shape index (κ1) is 14.8. The van der Waals surface area contributed by atoms with Crippen LogP contribution in [0.15, 0.2) is 10.8 Å². The quantitative estimate of drug-likeness (QED) is 0.681. The van der Waals surface area contributed by atoms with Crippen molar-refractivity contribution in [3.63, 3.8) is 0 Å². The Morgan fingerprint density at radius 1 is 1.44 bits per heavy atom. The first-order valence-electron chi connectivity index (χ1n) is 4.39. The van der Waals surface area contributed by atoms with Crippen LogP contribution in [0.1, 0.15) is 23.1 Å². The Morgan fingerprint density at radius 3 is 2.39 bits per heavy atom. The molecule has 0 spiro atoms. The topological polar surface area (TPSA) is 50.2 Å². The third kappa shape index (κ3) is 3.15. The molecular weight excluding hydrogens is 329 g/mol. The molecule has 100 valence electrons. The lowest BCUT2D eigenvalue weighted by Gasteiger charge is -2.16. The van der Waals surface area contributed by atoms with Gasteiger partial charge in [0, 0.05) is 11.8 Å². The summed E-state index contributed by atoms with van der Waals surface area (Å²) >= 11 is 2.49. The van der Waals surface area contributed by atoms with Gasteiger partial charge in [-0.3, -0.25) is 4.79 Å². The van der Waals surface area contributed by atoms with Gasteiger partial charge in [0.05, 0.1) is 12.0 Å². The molecule has 0 unspecified atom stereocenters. The van der Waals surface area contributed by atoms with E-state index in [1.54, 1.807) is 0 Å². The number of aromatic nitrogens is 1. The van der Waals surface area contributed by atoms with Gasteiger partial charge < -0.3 is 5.11 Å². The van der Waals surface area contributed by atoms with Gasteiger partial charge in [0.1, 0.15) is 4.60 Å². The van der Waals surface area contributed by atoms with Crippen molar-refractivity contribution < 1.29 is 31.9 Å². The predicted molar refractivity (Wildman–Crippen MR) is 53.2 cm³/mol. The largest absolute Gasteiger partial charge is 0.481 e. The fourth-order valence-electron chi connectivity index (χ4n) is 1.36. The van der Waals surface area contributed by atoms with Gasteiger partial charge in [-0.25, -0.2) is 13.8 Å². The molecule has 0 aliphatic heterocycles. The molecule has 1 rings (SSSR count). The summed E-state index contributed by atoms with van der Waals surface area (Å²) in [6.45, 7) is 0. The Kier molecular flexibility index (Phi) is 4.25. The molecule has 0 saturated carbocycles. The van der Waals surface area contributed by atoms with Crippen molar-refractivity contribution in [2.75, 3.05) is 0 Å². The van der Waals surface area contributed by atoms with E-state index in [2.05, 4.69) is 20.9 Å². The molecule has 0 radical (unpaired) electrons. The van der Waals surface area contributed by atoms with Gasteiger partial charge in [0.2, 0.25) is 0 Å². The summed E-state index contributed by atoms with van der Waals surface area (Å²) in [4.78, 5) is 13.6. The molecule has 18 heavy (non-hydrogen) atoms.